The molecule has 5 nitrogen and oxygen atoms in total. The maximum absolute atomic E-state index is 12.6. The first-order valence-corrected chi connectivity index (χ1v) is 12.0. The summed E-state index contributed by atoms with van der Waals surface area (Å²) in [6, 6.07) is 8.74. The number of aryl methyl sites for hydroxylation is 2. The predicted molar refractivity (Wildman–Crippen MR) is 121 cm³/mol. The summed E-state index contributed by atoms with van der Waals surface area (Å²) in [6.45, 7) is 4.14. The topological polar surface area (TPSA) is 61.4 Å². The molecule has 4 rings (SSSR count). The standard InChI is InChI=1S/C24H31N3O2S/c1-17(19-7-6-18-4-2-3-5-20(18)14-19)25-23(28)15-27-11-8-22(9-12-27)26-24(29)21-10-13-30-16-21/h6-7,10,13-14,16-17,22H,2-5,8-9,11-12,15H2,1H3,(H,25,28)(H,26,29). The highest BCUT2D eigenvalue weighted by Crippen LogP contribution is 2.24. The lowest BCUT2D eigenvalue weighted by Gasteiger charge is -2.32. The molecule has 6 heteroatoms. The molecule has 1 aliphatic carbocycles. The minimum absolute atomic E-state index is 0.00585. The molecule has 1 aromatic heterocycles. The molecule has 1 aliphatic heterocycles. The smallest absolute Gasteiger partial charge is 0.252 e. The highest BCUT2D eigenvalue weighted by Gasteiger charge is 2.23. The van der Waals surface area contributed by atoms with Gasteiger partial charge in [0.15, 0.2) is 0 Å². The van der Waals surface area contributed by atoms with Gasteiger partial charge >= 0.3 is 0 Å². The molecular formula is C24H31N3O2S. The van der Waals surface area contributed by atoms with Gasteiger partial charge in [0.25, 0.3) is 5.91 Å². The third-order valence-electron chi connectivity index (χ3n) is 6.32. The Bertz CT molecular complexity index is 873. The largest absolute Gasteiger partial charge is 0.349 e. The number of benzene rings is 1. The zero-order valence-corrected chi connectivity index (χ0v) is 18.5. The molecule has 0 spiro atoms. The van der Waals surface area contributed by atoms with E-state index in [1.165, 1.54) is 47.3 Å². The molecule has 1 unspecified atom stereocenters. The minimum Gasteiger partial charge on any atom is -0.349 e. The lowest BCUT2D eigenvalue weighted by molar-refractivity contribution is -0.123. The molecule has 0 saturated carbocycles. The fraction of sp³-hybridized carbons (Fsp3) is 0.500. The van der Waals surface area contributed by atoms with Crippen LogP contribution in [-0.4, -0.2) is 42.4 Å². The van der Waals surface area contributed by atoms with Crippen LogP contribution in [0.1, 0.15) is 65.7 Å². The van der Waals surface area contributed by atoms with E-state index in [4.69, 9.17) is 0 Å². The number of rotatable bonds is 6. The zero-order chi connectivity index (χ0) is 20.9. The van der Waals surface area contributed by atoms with E-state index >= 15 is 0 Å². The van der Waals surface area contributed by atoms with Crippen LogP contribution in [0.3, 0.4) is 0 Å². The Morgan fingerprint density at radius 1 is 1.13 bits per heavy atom. The van der Waals surface area contributed by atoms with Gasteiger partial charge in [0.2, 0.25) is 5.91 Å². The molecule has 2 aliphatic rings. The molecule has 1 atom stereocenters. The third-order valence-corrected chi connectivity index (χ3v) is 7.01. The second-order valence-electron chi connectivity index (χ2n) is 8.56. The van der Waals surface area contributed by atoms with Crippen LogP contribution >= 0.6 is 11.3 Å². The van der Waals surface area contributed by atoms with Gasteiger partial charge < -0.3 is 10.6 Å². The SMILES string of the molecule is CC(NC(=O)CN1CCC(NC(=O)c2ccsc2)CC1)c1ccc2c(c1)CCCC2. The average molecular weight is 426 g/mol. The summed E-state index contributed by atoms with van der Waals surface area (Å²) in [4.78, 5) is 27.0. The van der Waals surface area contributed by atoms with Crippen LogP contribution in [0.2, 0.25) is 0 Å². The van der Waals surface area contributed by atoms with E-state index in [0.717, 1.165) is 37.9 Å². The molecule has 1 saturated heterocycles. The number of hydrogen-bond donors (Lipinski definition) is 2. The molecule has 2 aromatic rings. The number of carbonyl (C=O) groups is 2. The molecule has 160 valence electrons. The van der Waals surface area contributed by atoms with Crippen LogP contribution < -0.4 is 10.6 Å². The van der Waals surface area contributed by atoms with Crippen molar-refractivity contribution in [1.82, 2.24) is 15.5 Å². The number of amides is 2. The number of nitrogens with one attached hydrogen (secondary N) is 2. The van der Waals surface area contributed by atoms with Crippen LogP contribution in [0.5, 0.6) is 0 Å². The monoisotopic (exact) mass is 425 g/mol. The number of hydrogen-bond acceptors (Lipinski definition) is 4. The van der Waals surface area contributed by atoms with Gasteiger partial charge in [-0.3, -0.25) is 14.5 Å². The van der Waals surface area contributed by atoms with E-state index in [-0.39, 0.29) is 23.9 Å². The Morgan fingerprint density at radius 2 is 1.90 bits per heavy atom. The molecule has 2 N–H and O–H groups in total. The van der Waals surface area contributed by atoms with Crippen molar-refractivity contribution in [2.24, 2.45) is 0 Å². The molecule has 2 heterocycles. The van der Waals surface area contributed by atoms with Gasteiger partial charge in [-0.15, -0.1) is 0 Å². The van der Waals surface area contributed by atoms with Crippen molar-refractivity contribution in [1.29, 1.82) is 0 Å². The maximum atomic E-state index is 12.6. The van der Waals surface area contributed by atoms with Crippen LogP contribution in [0.4, 0.5) is 0 Å². The minimum atomic E-state index is 0.00585. The average Bonchev–Trinajstić information content (AvgIpc) is 3.30. The number of likely N-dealkylation sites (tertiary alicyclic amines) is 1. The van der Waals surface area contributed by atoms with E-state index in [9.17, 15) is 9.59 Å². The van der Waals surface area contributed by atoms with Gasteiger partial charge in [0.05, 0.1) is 12.6 Å². The predicted octanol–water partition coefficient (Wildman–Crippen LogP) is 3.70. The van der Waals surface area contributed by atoms with Gasteiger partial charge in [0.1, 0.15) is 0 Å². The normalized spacial score (nSPS) is 18.4. The summed E-state index contributed by atoms with van der Waals surface area (Å²) in [6.07, 6.45) is 6.64. The van der Waals surface area contributed by atoms with Gasteiger partial charge in [-0.2, -0.15) is 11.3 Å². The molecular weight excluding hydrogens is 394 g/mol. The Kier molecular flexibility index (Phi) is 6.85. The van der Waals surface area contributed by atoms with Crippen molar-refractivity contribution in [3.63, 3.8) is 0 Å². The lowest BCUT2D eigenvalue weighted by atomic mass is 9.89. The summed E-state index contributed by atoms with van der Waals surface area (Å²) >= 11 is 1.53. The van der Waals surface area contributed by atoms with E-state index in [0.29, 0.717) is 6.54 Å². The summed E-state index contributed by atoms with van der Waals surface area (Å²) < 4.78 is 0. The Balaban J connectivity index is 1.21. The Morgan fingerprint density at radius 3 is 2.63 bits per heavy atom. The maximum Gasteiger partial charge on any atom is 0.252 e. The van der Waals surface area contributed by atoms with Gasteiger partial charge in [-0.05, 0) is 73.6 Å². The van der Waals surface area contributed by atoms with Crippen LogP contribution in [-0.2, 0) is 17.6 Å². The first-order valence-electron chi connectivity index (χ1n) is 11.0. The summed E-state index contributed by atoms with van der Waals surface area (Å²) in [7, 11) is 0. The summed E-state index contributed by atoms with van der Waals surface area (Å²) in [5.74, 6) is 0.0762. The van der Waals surface area contributed by atoms with Crippen molar-refractivity contribution < 1.29 is 9.59 Å². The second-order valence-corrected chi connectivity index (χ2v) is 9.34. The van der Waals surface area contributed by atoms with Gasteiger partial charge in [-0.1, -0.05) is 18.2 Å². The van der Waals surface area contributed by atoms with Crippen molar-refractivity contribution in [3.05, 3.63) is 57.3 Å². The Labute approximate surface area is 182 Å². The van der Waals surface area contributed by atoms with Crippen molar-refractivity contribution in [2.75, 3.05) is 19.6 Å². The van der Waals surface area contributed by atoms with Crippen molar-refractivity contribution in [3.8, 4) is 0 Å². The highest BCUT2D eigenvalue weighted by atomic mass is 32.1. The van der Waals surface area contributed by atoms with Crippen LogP contribution in [0.15, 0.2) is 35.0 Å². The first kappa shape index (κ1) is 21.1. The molecule has 0 radical (unpaired) electrons. The quantitative estimate of drug-likeness (QED) is 0.742. The molecule has 30 heavy (non-hydrogen) atoms. The molecule has 1 aromatic carbocycles. The van der Waals surface area contributed by atoms with Crippen molar-refractivity contribution in [2.45, 2.75) is 57.5 Å². The Hall–Kier alpha value is -2.18. The summed E-state index contributed by atoms with van der Waals surface area (Å²) in [5, 5.41) is 10.1. The van der Waals surface area contributed by atoms with Gasteiger partial charge in [-0.25, -0.2) is 0 Å². The lowest BCUT2D eigenvalue weighted by Crippen LogP contribution is -2.47. The highest BCUT2D eigenvalue weighted by molar-refractivity contribution is 7.08. The molecule has 1 fully saturated rings. The van der Waals surface area contributed by atoms with Gasteiger partial charge in [0, 0.05) is 30.1 Å². The van der Waals surface area contributed by atoms with Crippen LogP contribution in [0, 0.1) is 0 Å². The number of thiophene rings is 1. The van der Waals surface area contributed by atoms with E-state index in [1.54, 1.807) is 0 Å². The third kappa shape index (κ3) is 5.29. The zero-order valence-electron chi connectivity index (χ0n) is 17.7. The summed E-state index contributed by atoms with van der Waals surface area (Å²) in [5.41, 5.74) is 4.85. The number of piperidine rings is 1. The molecule has 2 amide bonds. The van der Waals surface area contributed by atoms with E-state index in [2.05, 4.69) is 40.7 Å². The fourth-order valence-electron chi connectivity index (χ4n) is 4.49. The number of fused-ring (bicyclic) bond motifs is 1. The second kappa shape index (κ2) is 9.75. The van der Waals surface area contributed by atoms with E-state index < -0.39 is 0 Å². The van der Waals surface area contributed by atoms with Crippen LogP contribution in [0.25, 0.3) is 0 Å². The van der Waals surface area contributed by atoms with E-state index in [1.807, 2.05) is 16.8 Å². The van der Waals surface area contributed by atoms with Crippen molar-refractivity contribution >= 4 is 23.2 Å². The first-order chi connectivity index (χ1) is 14.6. The number of carbonyl (C=O) groups excluding carboxylic acids is 2. The fourth-order valence-corrected chi connectivity index (χ4v) is 5.13. The number of nitrogens with zero attached hydrogens (tertiary/aromatic N) is 1. The molecule has 0 bridgehead atoms.